The van der Waals surface area contributed by atoms with Gasteiger partial charge in [-0.1, -0.05) is 0 Å². The highest BCUT2D eigenvalue weighted by Gasteiger charge is 2.35. The third-order valence-electron chi connectivity index (χ3n) is 3.11. The van der Waals surface area contributed by atoms with Gasteiger partial charge in [0.1, 0.15) is 6.04 Å². The number of hydrogen-bond acceptors (Lipinski definition) is 3. The fourth-order valence-electron chi connectivity index (χ4n) is 1.89. The molecule has 0 bridgehead atoms. The number of rotatable bonds is 3. The van der Waals surface area contributed by atoms with E-state index in [0.717, 1.165) is 25.8 Å². The molecule has 2 unspecified atom stereocenters. The standard InChI is InChI=1S/C11H21N3O2/c1-8(9(15)12-3)14-10(16)11(2)6-4-5-7-13-11/h8,13H,4-7H2,1-3H3,(H,12,15)(H,14,16). The predicted molar refractivity (Wildman–Crippen MR) is 61.9 cm³/mol. The van der Waals surface area contributed by atoms with E-state index < -0.39 is 11.6 Å². The van der Waals surface area contributed by atoms with Crippen LogP contribution in [0.1, 0.15) is 33.1 Å². The van der Waals surface area contributed by atoms with Crippen LogP contribution in [-0.2, 0) is 9.59 Å². The Labute approximate surface area is 96.4 Å². The van der Waals surface area contributed by atoms with E-state index >= 15 is 0 Å². The summed E-state index contributed by atoms with van der Waals surface area (Å²) in [6.07, 6.45) is 2.97. The molecule has 1 rings (SSSR count). The zero-order valence-electron chi connectivity index (χ0n) is 10.2. The second-order valence-corrected chi connectivity index (χ2v) is 4.53. The maximum absolute atomic E-state index is 12.0. The molecule has 0 radical (unpaired) electrons. The Morgan fingerprint density at radius 1 is 1.38 bits per heavy atom. The van der Waals surface area contributed by atoms with Gasteiger partial charge in [0.15, 0.2) is 0 Å². The van der Waals surface area contributed by atoms with Gasteiger partial charge in [-0.05, 0) is 39.7 Å². The summed E-state index contributed by atoms with van der Waals surface area (Å²) in [5.41, 5.74) is -0.527. The van der Waals surface area contributed by atoms with Crippen molar-refractivity contribution in [2.45, 2.75) is 44.7 Å². The number of likely N-dealkylation sites (N-methyl/N-ethyl adjacent to an activating group) is 1. The molecule has 5 nitrogen and oxygen atoms in total. The first-order chi connectivity index (χ1) is 7.49. The first-order valence-corrected chi connectivity index (χ1v) is 5.77. The summed E-state index contributed by atoms with van der Waals surface area (Å²) in [5, 5.41) is 8.45. The van der Waals surface area contributed by atoms with Crippen molar-refractivity contribution in [2.24, 2.45) is 0 Å². The van der Waals surface area contributed by atoms with Crippen LogP contribution in [0.5, 0.6) is 0 Å². The highest BCUT2D eigenvalue weighted by Crippen LogP contribution is 2.18. The smallest absolute Gasteiger partial charge is 0.242 e. The molecular formula is C11H21N3O2. The average molecular weight is 227 g/mol. The van der Waals surface area contributed by atoms with Gasteiger partial charge in [-0.25, -0.2) is 0 Å². The maximum Gasteiger partial charge on any atom is 0.242 e. The number of carbonyl (C=O) groups excluding carboxylic acids is 2. The van der Waals surface area contributed by atoms with E-state index in [1.165, 1.54) is 0 Å². The lowest BCUT2D eigenvalue weighted by Gasteiger charge is -2.34. The van der Waals surface area contributed by atoms with Crippen LogP contribution in [0, 0.1) is 0 Å². The summed E-state index contributed by atoms with van der Waals surface area (Å²) < 4.78 is 0. The Bertz CT molecular complexity index is 272. The molecule has 0 saturated carbocycles. The van der Waals surface area contributed by atoms with Gasteiger partial charge >= 0.3 is 0 Å². The Morgan fingerprint density at radius 3 is 2.56 bits per heavy atom. The summed E-state index contributed by atoms with van der Waals surface area (Å²) in [7, 11) is 1.56. The molecule has 3 N–H and O–H groups in total. The summed E-state index contributed by atoms with van der Waals surface area (Å²) in [6, 6.07) is -0.488. The Hall–Kier alpha value is -1.10. The molecule has 1 fully saturated rings. The van der Waals surface area contributed by atoms with Crippen LogP contribution >= 0.6 is 0 Å². The molecule has 0 aromatic heterocycles. The molecule has 1 aliphatic rings. The van der Waals surface area contributed by atoms with E-state index in [4.69, 9.17) is 0 Å². The lowest BCUT2D eigenvalue weighted by molar-refractivity contribution is -0.132. The van der Waals surface area contributed by atoms with Crippen molar-refractivity contribution < 1.29 is 9.59 Å². The molecule has 92 valence electrons. The van der Waals surface area contributed by atoms with Gasteiger partial charge in [0.25, 0.3) is 0 Å². The summed E-state index contributed by atoms with van der Waals surface area (Å²) in [6.45, 7) is 4.43. The topological polar surface area (TPSA) is 70.2 Å². The number of hydrogen-bond donors (Lipinski definition) is 3. The van der Waals surface area contributed by atoms with Crippen LogP contribution in [0.15, 0.2) is 0 Å². The van der Waals surface area contributed by atoms with Crippen LogP contribution in [0.4, 0.5) is 0 Å². The average Bonchev–Trinajstić information content (AvgIpc) is 2.28. The van der Waals surface area contributed by atoms with Crippen LogP contribution in [0.2, 0.25) is 0 Å². The lowest BCUT2D eigenvalue weighted by atomic mass is 9.90. The number of nitrogens with one attached hydrogen (secondary N) is 3. The van der Waals surface area contributed by atoms with Gasteiger partial charge in [0, 0.05) is 7.05 Å². The van der Waals surface area contributed by atoms with E-state index in [-0.39, 0.29) is 11.8 Å². The van der Waals surface area contributed by atoms with Gasteiger partial charge in [-0.3, -0.25) is 9.59 Å². The van der Waals surface area contributed by atoms with E-state index in [2.05, 4.69) is 16.0 Å². The minimum atomic E-state index is -0.527. The quantitative estimate of drug-likeness (QED) is 0.624. The van der Waals surface area contributed by atoms with Crippen molar-refractivity contribution in [1.82, 2.24) is 16.0 Å². The molecule has 5 heteroatoms. The Kier molecular flexibility index (Phi) is 4.29. The number of piperidine rings is 1. The molecule has 2 atom stereocenters. The second kappa shape index (κ2) is 5.30. The number of carbonyl (C=O) groups is 2. The largest absolute Gasteiger partial charge is 0.357 e. The molecule has 1 aliphatic heterocycles. The molecule has 1 heterocycles. The van der Waals surface area contributed by atoms with Gasteiger partial charge in [-0.2, -0.15) is 0 Å². The van der Waals surface area contributed by atoms with Gasteiger partial charge < -0.3 is 16.0 Å². The normalized spacial score (nSPS) is 26.9. The third-order valence-corrected chi connectivity index (χ3v) is 3.11. The minimum Gasteiger partial charge on any atom is -0.357 e. The molecule has 0 aromatic carbocycles. The molecule has 0 aromatic rings. The van der Waals surface area contributed by atoms with Crippen LogP contribution in [-0.4, -0.2) is 37.0 Å². The van der Waals surface area contributed by atoms with Gasteiger partial charge in [-0.15, -0.1) is 0 Å². The summed E-state index contributed by atoms with van der Waals surface area (Å²) in [4.78, 5) is 23.3. The van der Waals surface area contributed by atoms with Crippen molar-refractivity contribution in [3.05, 3.63) is 0 Å². The predicted octanol–water partition coefficient (Wildman–Crippen LogP) is -0.231. The third kappa shape index (κ3) is 2.95. The lowest BCUT2D eigenvalue weighted by Crippen LogP contribution is -2.59. The van der Waals surface area contributed by atoms with E-state index in [9.17, 15) is 9.59 Å². The second-order valence-electron chi connectivity index (χ2n) is 4.53. The van der Waals surface area contributed by atoms with E-state index in [0.29, 0.717) is 0 Å². The molecular weight excluding hydrogens is 206 g/mol. The van der Waals surface area contributed by atoms with Crippen molar-refractivity contribution in [2.75, 3.05) is 13.6 Å². The highest BCUT2D eigenvalue weighted by molar-refractivity contribution is 5.91. The first-order valence-electron chi connectivity index (χ1n) is 5.77. The fraction of sp³-hybridized carbons (Fsp3) is 0.818. The van der Waals surface area contributed by atoms with Crippen molar-refractivity contribution in [3.63, 3.8) is 0 Å². The van der Waals surface area contributed by atoms with Crippen LogP contribution in [0.3, 0.4) is 0 Å². The van der Waals surface area contributed by atoms with Gasteiger partial charge in [0.2, 0.25) is 11.8 Å². The van der Waals surface area contributed by atoms with Gasteiger partial charge in [0.05, 0.1) is 5.54 Å². The Balaban J connectivity index is 2.53. The van der Waals surface area contributed by atoms with Crippen molar-refractivity contribution >= 4 is 11.8 Å². The zero-order valence-corrected chi connectivity index (χ0v) is 10.2. The van der Waals surface area contributed by atoms with E-state index in [1.807, 2.05) is 6.92 Å². The fourth-order valence-corrected chi connectivity index (χ4v) is 1.89. The van der Waals surface area contributed by atoms with Crippen LogP contribution < -0.4 is 16.0 Å². The van der Waals surface area contributed by atoms with E-state index in [1.54, 1.807) is 14.0 Å². The van der Waals surface area contributed by atoms with Crippen molar-refractivity contribution in [3.8, 4) is 0 Å². The monoisotopic (exact) mass is 227 g/mol. The summed E-state index contributed by atoms with van der Waals surface area (Å²) >= 11 is 0. The zero-order chi connectivity index (χ0) is 12.2. The molecule has 2 amide bonds. The van der Waals surface area contributed by atoms with Crippen molar-refractivity contribution in [1.29, 1.82) is 0 Å². The minimum absolute atomic E-state index is 0.0942. The highest BCUT2D eigenvalue weighted by atomic mass is 16.2. The first kappa shape index (κ1) is 13.0. The molecule has 16 heavy (non-hydrogen) atoms. The molecule has 0 spiro atoms. The maximum atomic E-state index is 12.0. The molecule has 0 aliphatic carbocycles. The number of amides is 2. The summed E-state index contributed by atoms with van der Waals surface area (Å²) in [5.74, 6) is -0.268. The SMILES string of the molecule is CNC(=O)C(C)NC(=O)C1(C)CCCCN1. The Morgan fingerprint density at radius 2 is 2.06 bits per heavy atom. The molecule has 1 saturated heterocycles. The van der Waals surface area contributed by atoms with Crippen LogP contribution in [0.25, 0.3) is 0 Å².